The molecule has 20 rings (SSSR count). The molecule has 4 N–H and O–H groups in total. The summed E-state index contributed by atoms with van der Waals surface area (Å²) in [6.07, 6.45) is 12.3. The van der Waals surface area contributed by atoms with E-state index in [1.165, 1.54) is 117 Å². The van der Waals surface area contributed by atoms with Crippen LogP contribution >= 0.6 is 0 Å². The van der Waals surface area contributed by atoms with Gasteiger partial charge in [0.25, 0.3) is 23.6 Å². The van der Waals surface area contributed by atoms with Crippen LogP contribution in [0.4, 0.5) is 0 Å². The number of oxazole rings is 4. The summed E-state index contributed by atoms with van der Waals surface area (Å²) < 4.78 is 21.5. The van der Waals surface area contributed by atoms with Crippen molar-refractivity contribution < 1.29 is 36.8 Å². The van der Waals surface area contributed by atoms with Crippen molar-refractivity contribution in [2.75, 3.05) is 78.5 Å². The van der Waals surface area contributed by atoms with E-state index >= 15 is 0 Å². The summed E-state index contributed by atoms with van der Waals surface area (Å²) in [5.74, 6) is 3.53. The molecule has 0 spiro atoms. The lowest BCUT2D eigenvalue weighted by molar-refractivity contribution is 0.0618. The molecule has 8 aromatic rings. The van der Waals surface area contributed by atoms with Crippen molar-refractivity contribution in [3.8, 4) is 0 Å². The summed E-state index contributed by atoms with van der Waals surface area (Å²) >= 11 is 0. The molecule has 12 fully saturated rings. The number of amides is 4. The fraction of sp³-hybridized carbons (Fsp3) is 0.484. The number of rotatable bonds is 8. The van der Waals surface area contributed by atoms with Crippen molar-refractivity contribution in [2.24, 2.45) is 23.7 Å². The third kappa shape index (κ3) is 11.4. The third-order valence-electron chi connectivity index (χ3n) is 18.6. The van der Waals surface area contributed by atoms with Crippen molar-refractivity contribution in [3.63, 3.8) is 0 Å². The number of nitrogens with one attached hydrogen (secondary N) is 4. The Kier molecular flexibility index (Phi) is 15.3. The lowest BCUT2D eigenvalue weighted by atomic mass is 9.84. The molecule has 0 radical (unpaired) electrons. The molecule has 20 nitrogen and oxygen atoms in total. The molecule has 4 aromatic carbocycles. The van der Waals surface area contributed by atoms with Crippen LogP contribution in [0.5, 0.6) is 0 Å². The van der Waals surface area contributed by atoms with Gasteiger partial charge in [0.2, 0.25) is 0 Å². The number of fused-ring (bicyclic) bond motifs is 16. The van der Waals surface area contributed by atoms with Crippen LogP contribution in [0.25, 0.3) is 44.4 Å². The summed E-state index contributed by atoms with van der Waals surface area (Å²) in [4.78, 5) is 76.9. The Morgan fingerprint density at radius 3 is 0.927 bits per heavy atom. The van der Waals surface area contributed by atoms with Crippen molar-refractivity contribution in [2.45, 2.75) is 89.4 Å². The molecule has 12 saturated heterocycles. The van der Waals surface area contributed by atoms with Crippen LogP contribution in [0.1, 0.15) is 105 Å². The molecule has 16 heterocycles. The number of carbonyl (C=O) groups is 4. The van der Waals surface area contributed by atoms with Gasteiger partial charge in [-0.3, -0.25) is 19.2 Å². The SMILES string of the molecule is Cc1nc2c(C(=O)NC3CN4CCC3CC4)cccc2o1.Cc1nc2c(C(=O)NC3CN4CCC3CC4)cccc2o1.O=C(NC1CN2CCC1CC2)c1cccc2ocnc12.O=C(NC1CN2CCC1CC2)c1cccc2ocnc12. The van der Waals surface area contributed by atoms with E-state index in [0.29, 0.717) is 102 Å². The van der Waals surface area contributed by atoms with Crippen LogP contribution in [0.3, 0.4) is 0 Å². The number of hydrogen-bond donors (Lipinski definition) is 4. The van der Waals surface area contributed by atoms with E-state index in [9.17, 15) is 19.2 Å². The van der Waals surface area contributed by atoms with Crippen LogP contribution in [-0.4, -0.2) is 166 Å². The van der Waals surface area contributed by atoms with Gasteiger partial charge in [-0.2, -0.15) is 0 Å². The van der Waals surface area contributed by atoms with Gasteiger partial charge >= 0.3 is 0 Å². The Balaban J connectivity index is 0.000000103. The lowest BCUT2D eigenvalue weighted by Gasteiger charge is -2.44. The Labute approximate surface area is 475 Å². The number of carbonyl (C=O) groups excluding carboxylic acids is 4. The maximum absolute atomic E-state index is 12.6. The lowest BCUT2D eigenvalue weighted by Crippen LogP contribution is -2.57. The number of para-hydroxylation sites is 4. The van der Waals surface area contributed by atoms with Gasteiger partial charge < -0.3 is 58.5 Å². The van der Waals surface area contributed by atoms with Crippen LogP contribution in [0.2, 0.25) is 0 Å². The maximum atomic E-state index is 12.6. The Bertz CT molecular complexity index is 3360. The topological polar surface area (TPSA) is 233 Å². The summed E-state index contributed by atoms with van der Waals surface area (Å²) in [7, 11) is 0. The van der Waals surface area contributed by atoms with Crippen molar-refractivity contribution >= 4 is 68.0 Å². The van der Waals surface area contributed by atoms with Gasteiger partial charge in [-0.1, -0.05) is 24.3 Å². The number of aromatic nitrogens is 4. The van der Waals surface area contributed by atoms with Crippen molar-refractivity contribution in [1.29, 1.82) is 0 Å². The van der Waals surface area contributed by atoms with Gasteiger partial charge in [-0.25, -0.2) is 19.9 Å². The Hall–Kier alpha value is -7.52. The largest absolute Gasteiger partial charge is 0.443 e. The third-order valence-corrected chi connectivity index (χ3v) is 18.6. The molecule has 428 valence electrons. The van der Waals surface area contributed by atoms with Gasteiger partial charge in [0.1, 0.15) is 22.1 Å². The fourth-order valence-electron chi connectivity index (χ4n) is 14.1. The summed E-state index contributed by atoms with van der Waals surface area (Å²) in [5, 5.41) is 12.8. The molecule has 20 heteroatoms. The minimum Gasteiger partial charge on any atom is -0.443 e. The van der Waals surface area contributed by atoms with Gasteiger partial charge in [0.15, 0.2) is 46.9 Å². The molecule has 12 aliphatic heterocycles. The normalized spacial score (nSPS) is 28.3. The van der Waals surface area contributed by atoms with Crippen LogP contribution in [-0.2, 0) is 0 Å². The van der Waals surface area contributed by atoms with Gasteiger partial charge in [-0.05, 0) is 176 Å². The average molecular weight is 1110 g/mol. The van der Waals surface area contributed by atoms with E-state index in [1.807, 2.05) is 72.8 Å². The minimum absolute atomic E-state index is 0.0346. The molecule has 8 bridgehead atoms. The summed E-state index contributed by atoms with van der Waals surface area (Å²) in [5.41, 5.74) is 7.71. The zero-order valence-corrected chi connectivity index (χ0v) is 46.7. The predicted molar refractivity (Wildman–Crippen MR) is 307 cm³/mol. The molecular weight excluding hydrogens is 1040 g/mol. The first-order valence-corrected chi connectivity index (χ1v) is 29.5. The maximum Gasteiger partial charge on any atom is 0.253 e. The van der Waals surface area contributed by atoms with E-state index in [4.69, 9.17) is 17.7 Å². The summed E-state index contributed by atoms with van der Waals surface area (Å²) in [6.45, 7) is 16.9. The predicted octanol–water partition coefficient (Wildman–Crippen LogP) is 7.22. The highest BCUT2D eigenvalue weighted by Crippen LogP contribution is 2.32. The number of hydrogen-bond acceptors (Lipinski definition) is 16. The molecule has 0 aliphatic carbocycles. The quantitative estimate of drug-likeness (QED) is 0.118. The minimum atomic E-state index is -0.0387. The van der Waals surface area contributed by atoms with Crippen LogP contribution in [0.15, 0.2) is 103 Å². The summed E-state index contributed by atoms with van der Waals surface area (Å²) in [6, 6.07) is 23.0. The van der Waals surface area contributed by atoms with Crippen LogP contribution < -0.4 is 21.3 Å². The number of benzene rings is 4. The zero-order chi connectivity index (χ0) is 55.8. The molecule has 4 aromatic heterocycles. The molecule has 0 saturated carbocycles. The van der Waals surface area contributed by atoms with Crippen molar-refractivity contribution in [1.82, 2.24) is 60.8 Å². The monoisotopic (exact) mass is 1110 g/mol. The van der Waals surface area contributed by atoms with E-state index in [1.54, 1.807) is 13.8 Å². The molecule has 4 amide bonds. The smallest absolute Gasteiger partial charge is 0.253 e. The molecule has 12 aliphatic rings. The number of nitrogens with zero attached hydrogens (tertiary/aromatic N) is 8. The van der Waals surface area contributed by atoms with E-state index < -0.39 is 0 Å². The standard InChI is InChI=1S/2C16H19N3O2.2C15H17N3O2/c2*1-10-17-15-12(3-2-4-14(15)21-10)16(20)18-13-9-19-7-5-11(13)6-8-19;2*19-15(11-2-1-3-13-14(11)16-9-20-13)17-12-8-18-6-4-10(12)5-7-18/h2*2-4,11,13H,5-9H2,1H3,(H,18,20);2*1-3,9-10,12H,4-8H2,(H,17,19). The molecular formula is C62H72N12O8. The van der Waals surface area contributed by atoms with E-state index in [2.05, 4.69) is 60.8 Å². The highest BCUT2D eigenvalue weighted by atomic mass is 16.4. The molecule has 4 atom stereocenters. The van der Waals surface area contributed by atoms with E-state index in [-0.39, 0.29) is 47.8 Å². The van der Waals surface area contributed by atoms with Crippen molar-refractivity contribution in [3.05, 3.63) is 120 Å². The number of piperidine rings is 12. The Morgan fingerprint density at radius 2 is 0.659 bits per heavy atom. The first kappa shape index (κ1) is 53.8. The second kappa shape index (κ2) is 23.4. The second-order valence-electron chi connectivity index (χ2n) is 23.7. The second-order valence-corrected chi connectivity index (χ2v) is 23.7. The molecule has 82 heavy (non-hydrogen) atoms. The first-order valence-electron chi connectivity index (χ1n) is 29.5. The van der Waals surface area contributed by atoms with E-state index in [0.717, 1.165) is 26.2 Å². The number of aryl methyl sites for hydroxylation is 2. The highest BCUT2D eigenvalue weighted by molar-refractivity contribution is 6.06. The fourth-order valence-corrected chi connectivity index (χ4v) is 14.1. The highest BCUT2D eigenvalue weighted by Gasteiger charge is 2.39. The zero-order valence-electron chi connectivity index (χ0n) is 46.7. The van der Waals surface area contributed by atoms with Crippen LogP contribution in [0, 0.1) is 37.5 Å². The van der Waals surface area contributed by atoms with Gasteiger partial charge in [0, 0.05) is 64.2 Å². The first-order chi connectivity index (χ1) is 40.0. The molecule has 4 unspecified atom stereocenters. The van der Waals surface area contributed by atoms with Gasteiger partial charge in [-0.15, -0.1) is 0 Å². The average Bonchev–Trinajstić information content (AvgIpc) is 4.36. The Morgan fingerprint density at radius 1 is 0.390 bits per heavy atom. The van der Waals surface area contributed by atoms with Gasteiger partial charge in [0.05, 0.1) is 22.3 Å².